The lowest BCUT2D eigenvalue weighted by Gasteiger charge is -2.06. The summed E-state index contributed by atoms with van der Waals surface area (Å²) in [6.07, 6.45) is 3.32. The molecule has 158 valence electrons. The Balaban J connectivity index is 1.34. The van der Waals surface area contributed by atoms with Gasteiger partial charge in [-0.2, -0.15) is 10.2 Å². The Kier molecular flexibility index (Phi) is 6.20. The van der Waals surface area contributed by atoms with E-state index in [1.54, 1.807) is 59.5 Å². The quantitative estimate of drug-likeness (QED) is 0.428. The van der Waals surface area contributed by atoms with Crippen molar-refractivity contribution in [1.82, 2.24) is 19.6 Å². The number of hydrogen-bond acceptors (Lipinski definition) is 4. The highest BCUT2D eigenvalue weighted by atomic mass is 35.5. The van der Waals surface area contributed by atoms with Gasteiger partial charge >= 0.3 is 0 Å². The van der Waals surface area contributed by atoms with E-state index >= 15 is 0 Å². The Morgan fingerprint density at radius 2 is 1.87 bits per heavy atom. The summed E-state index contributed by atoms with van der Waals surface area (Å²) in [7, 11) is 0. The zero-order chi connectivity index (χ0) is 21.8. The molecule has 0 saturated heterocycles. The predicted molar refractivity (Wildman–Crippen MR) is 115 cm³/mol. The number of rotatable bonds is 7. The number of hydrogen-bond donors (Lipinski definition) is 1. The van der Waals surface area contributed by atoms with Gasteiger partial charge in [-0.05, 0) is 42.0 Å². The van der Waals surface area contributed by atoms with Crippen LogP contribution in [0.2, 0.25) is 10.0 Å². The maximum atomic E-state index is 13.2. The first-order valence-corrected chi connectivity index (χ1v) is 9.92. The Bertz CT molecular complexity index is 1220. The predicted octanol–water partition coefficient (Wildman–Crippen LogP) is 4.86. The fraction of sp³-hybridized carbons (Fsp3) is 0.0952. The van der Waals surface area contributed by atoms with Gasteiger partial charge in [0.25, 0.3) is 5.91 Å². The van der Waals surface area contributed by atoms with Crippen molar-refractivity contribution in [2.45, 2.75) is 13.3 Å². The number of benzene rings is 2. The molecule has 0 saturated carbocycles. The minimum absolute atomic E-state index is 0.126. The van der Waals surface area contributed by atoms with Gasteiger partial charge in [0.1, 0.15) is 11.6 Å². The normalized spacial score (nSPS) is 10.8. The second-order valence-electron chi connectivity index (χ2n) is 6.56. The van der Waals surface area contributed by atoms with E-state index in [1.165, 1.54) is 16.8 Å². The molecule has 1 amide bonds. The largest absolute Gasteiger partial charge is 0.471 e. The van der Waals surface area contributed by atoms with E-state index in [1.807, 2.05) is 0 Å². The van der Waals surface area contributed by atoms with E-state index < -0.39 is 11.7 Å². The summed E-state index contributed by atoms with van der Waals surface area (Å²) in [5.41, 5.74) is 0.924. The van der Waals surface area contributed by atoms with Crippen molar-refractivity contribution in [3.63, 3.8) is 0 Å². The molecule has 10 heteroatoms. The molecular formula is C21H16Cl2FN5O2. The first kappa shape index (κ1) is 20.9. The molecule has 0 unspecified atom stereocenters. The highest BCUT2D eigenvalue weighted by Gasteiger charge is 2.12. The maximum Gasteiger partial charge on any atom is 0.277 e. The molecule has 7 nitrogen and oxygen atoms in total. The first-order chi connectivity index (χ1) is 15.0. The van der Waals surface area contributed by atoms with Crippen molar-refractivity contribution >= 4 is 34.9 Å². The maximum absolute atomic E-state index is 13.2. The number of nitrogens with zero attached hydrogens (tertiary/aromatic N) is 4. The van der Waals surface area contributed by atoms with E-state index in [4.69, 9.17) is 27.9 Å². The second kappa shape index (κ2) is 9.20. The molecule has 0 aliphatic heterocycles. The van der Waals surface area contributed by atoms with Gasteiger partial charge in [-0.15, -0.1) is 0 Å². The number of ether oxygens (including phenoxy) is 1. The lowest BCUT2D eigenvalue weighted by Crippen LogP contribution is -2.15. The zero-order valence-electron chi connectivity index (χ0n) is 16.0. The molecule has 2 heterocycles. The highest BCUT2D eigenvalue weighted by molar-refractivity contribution is 6.31. The van der Waals surface area contributed by atoms with Crippen LogP contribution in [0.25, 0.3) is 0 Å². The molecule has 31 heavy (non-hydrogen) atoms. The van der Waals surface area contributed by atoms with Crippen molar-refractivity contribution in [1.29, 1.82) is 0 Å². The van der Waals surface area contributed by atoms with Crippen LogP contribution < -0.4 is 10.1 Å². The van der Waals surface area contributed by atoms with Crippen molar-refractivity contribution in [3.8, 4) is 5.75 Å². The van der Waals surface area contributed by atoms with Crippen molar-refractivity contribution in [2.75, 3.05) is 5.32 Å². The Hall–Kier alpha value is -3.36. The number of carbonyl (C=O) groups is 1. The standard InChI is InChI=1S/C21H16Cl2FN5O2/c22-15-2-1-3-17(10-15)31-13-29-8-6-19(26-29)21(30)25-20-7-9-28(27-20)12-14-4-5-16(24)11-18(14)23/h1-11H,12-13H2,(H,25,27,30). The van der Waals surface area contributed by atoms with E-state index in [0.29, 0.717) is 33.7 Å². The van der Waals surface area contributed by atoms with Gasteiger partial charge in [0.2, 0.25) is 0 Å². The molecule has 0 aliphatic carbocycles. The van der Waals surface area contributed by atoms with Crippen LogP contribution in [0.1, 0.15) is 16.1 Å². The van der Waals surface area contributed by atoms with Crippen molar-refractivity contribution in [2.24, 2.45) is 0 Å². The van der Waals surface area contributed by atoms with Gasteiger partial charge in [0.05, 0.1) is 6.54 Å². The van der Waals surface area contributed by atoms with Crippen LogP contribution in [-0.4, -0.2) is 25.5 Å². The Labute approximate surface area is 187 Å². The first-order valence-electron chi connectivity index (χ1n) is 9.17. The molecule has 0 atom stereocenters. The minimum Gasteiger partial charge on any atom is -0.471 e. The molecular weight excluding hydrogens is 444 g/mol. The third-order valence-corrected chi connectivity index (χ3v) is 4.85. The second-order valence-corrected chi connectivity index (χ2v) is 7.40. The smallest absolute Gasteiger partial charge is 0.277 e. The molecule has 0 bridgehead atoms. The third kappa shape index (κ3) is 5.42. The summed E-state index contributed by atoms with van der Waals surface area (Å²) in [4.78, 5) is 12.4. The van der Waals surface area contributed by atoms with Gasteiger partial charge in [0, 0.05) is 28.5 Å². The van der Waals surface area contributed by atoms with Gasteiger partial charge < -0.3 is 10.1 Å². The topological polar surface area (TPSA) is 74.0 Å². The molecule has 4 rings (SSSR count). The summed E-state index contributed by atoms with van der Waals surface area (Å²) in [5, 5.41) is 12.0. The van der Waals surface area contributed by atoms with E-state index in [-0.39, 0.29) is 12.4 Å². The average Bonchev–Trinajstić information content (AvgIpc) is 3.38. The van der Waals surface area contributed by atoms with Crippen LogP contribution >= 0.6 is 23.2 Å². The minimum atomic E-state index is -0.411. The van der Waals surface area contributed by atoms with E-state index in [2.05, 4.69) is 15.5 Å². The monoisotopic (exact) mass is 459 g/mol. The molecule has 2 aromatic carbocycles. The Morgan fingerprint density at radius 3 is 2.68 bits per heavy atom. The van der Waals surface area contributed by atoms with Crippen LogP contribution in [0.4, 0.5) is 10.2 Å². The average molecular weight is 460 g/mol. The third-order valence-electron chi connectivity index (χ3n) is 4.26. The van der Waals surface area contributed by atoms with Crippen molar-refractivity contribution < 1.29 is 13.9 Å². The number of nitrogens with one attached hydrogen (secondary N) is 1. The number of anilines is 1. The number of halogens is 3. The molecule has 0 aliphatic rings. The van der Waals surface area contributed by atoms with Crippen LogP contribution in [-0.2, 0) is 13.3 Å². The van der Waals surface area contributed by atoms with Gasteiger partial charge in [0.15, 0.2) is 18.2 Å². The number of carbonyl (C=O) groups excluding carboxylic acids is 1. The van der Waals surface area contributed by atoms with E-state index in [9.17, 15) is 9.18 Å². The molecule has 2 aromatic heterocycles. The molecule has 0 radical (unpaired) electrons. The fourth-order valence-electron chi connectivity index (χ4n) is 2.77. The summed E-state index contributed by atoms with van der Waals surface area (Å²) in [6, 6.07) is 14.4. The SMILES string of the molecule is O=C(Nc1ccn(Cc2ccc(F)cc2Cl)n1)c1ccn(COc2cccc(Cl)c2)n1. The summed E-state index contributed by atoms with van der Waals surface area (Å²) < 4.78 is 21.8. The van der Waals surface area contributed by atoms with Gasteiger partial charge in [-0.25, -0.2) is 9.07 Å². The van der Waals surface area contributed by atoms with Crippen LogP contribution in [0, 0.1) is 5.82 Å². The zero-order valence-corrected chi connectivity index (χ0v) is 17.5. The Morgan fingerprint density at radius 1 is 1.03 bits per heavy atom. The summed E-state index contributed by atoms with van der Waals surface area (Å²) in [5.74, 6) is 0.139. The molecule has 1 N–H and O–H groups in total. The highest BCUT2D eigenvalue weighted by Crippen LogP contribution is 2.19. The van der Waals surface area contributed by atoms with Gasteiger partial charge in [-0.1, -0.05) is 35.3 Å². The molecule has 0 spiro atoms. The molecule has 0 fully saturated rings. The van der Waals surface area contributed by atoms with Crippen LogP contribution in [0.15, 0.2) is 67.0 Å². The summed E-state index contributed by atoms with van der Waals surface area (Å²) >= 11 is 12.0. The van der Waals surface area contributed by atoms with Crippen LogP contribution in [0.5, 0.6) is 5.75 Å². The van der Waals surface area contributed by atoms with E-state index in [0.717, 1.165) is 0 Å². The number of aromatic nitrogens is 4. The van der Waals surface area contributed by atoms with Crippen molar-refractivity contribution in [3.05, 3.63) is 94.1 Å². The summed E-state index contributed by atoms with van der Waals surface area (Å²) in [6.45, 7) is 0.463. The van der Waals surface area contributed by atoms with Crippen LogP contribution in [0.3, 0.4) is 0 Å². The number of amides is 1. The fourth-order valence-corrected chi connectivity index (χ4v) is 3.18. The lowest BCUT2D eigenvalue weighted by atomic mass is 10.2. The van der Waals surface area contributed by atoms with Gasteiger partial charge in [-0.3, -0.25) is 9.48 Å². The lowest BCUT2D eigenvalue weighted by molar-refractivity contribution is 0.101. The molecule has 4 aromatic rings.